The maximum absolute atomic E-state index is 2.46. The average Bonchev–Trinajstić information content (AvgIpc) is 2.52. The normalized spacial score (nSPS) is 18.2. The summed E-state index contributed by atoms with van der Waals surface area (Å²) in [6, 6.07) is 6.61. The number of rotatable bonds is 0. The highest BCUT2D eigenvalue weighted by molar-refractivity contribution is 5.76. The number of para-hydroxylation sites is 1. The van der Waals surface area contributed by atoms with Crippen LogP contribution in [0.5, 0.6) is 0 Å². The van der Waals surface area contributed by atoms with E-state index in [2.05, 4.69) is 35.3 Å². The lowest BCUT2D eigenvalue weighted by Crippen LogP contribution is -2.22. The van der Waals surface area contributed by atoms with E-state index in [0.717, 1.165) is 6.54 Å². The summed E-state index contributed by atoms with van der Waals surface area (Å²) in [6.07, 6.45) is 5.71. The lowest BCUT2D eigenvalue weighted by molar-refractivity contribution is 0.900. The van der Waals surface area contributed by atoms with Crippen molar-refractivity contribution in [1.82, 2.24) is 0 Å². The van der Waals surface area contributed by atoms with Gasteiger partial charge in [0.25, 0.3) is 0 Å². The molecule has 12 heavy (non-hydrogen) atoms. The van der Waals surface area contributed by atoms with E-state index < -0.39 is 0 Å². The summed E-state index contributed by atoms with van der Waals surface area (Å²) in [5.74, 6) is 0. The van der Waals surface area contributed by atoms with Crippen LogP contribution in [-0.2, 0) is 6.42 Å². The number of hydrogen-bond acceptors (Lipinski definition) is 1. The molecule has 0 saturated heterocycles. The SMILES string of the molecule is C1=Cc2cccc3c2N(C1)CC3. The quantitative estimate of drug-likeness (QED) is 0.557. The van der Waals surface area contributed by atoms with E-state index in [-0.39, 0.29) is 0 Å². The first-order chi connectivity index (χ1) is 5.95. The third kappa shape index (κ3) is 0.685. The van der Waals surface area contributed by atoms with Crippen molar-refractivity contribution in [3.05, 3.63) is 35.4 Å². The van der Waals surface area contributed by atoms with Crippen molar-refractivity contribution in [2.24, 2.45) is 0 Å². The Bertz CT molecular complexity index is 352. The summed E-state index contributed by atoms with van der Waals surface area (Å²) in [4.78, 5) is 2.46. The van der Waals surface area contributed by atoms with Crippen molar-refractivity contribution in [3.8, 4) is 0 Å². The van der Waals surface area contributed by atoms with Gasteiger partial charge in [-0.2, -0.15) is 0 Å². The Labute approximate surface area is 72.3 Å². The minimum Gasteiger partial charge on any atom is -0.367 e. The molecule has 0 N–H and O–H groups in total. The largest absolute Gasteiger partial charge is 0.367 e. The average molecular weight is 157 g/mol. The van der Waals surface area contributed by atoms with Crippen LogP contribution >= 0.6 is 0 Å². The number of hydrogen-bond donors (Lipinski definition) is 0. The van der Waals surface area contributed by atoms with Crippen LogP contribution in [0.25, 0.3) is 6.08 Å². The van der Waals surface area contributed by atoms with Crippen molar-refractivity contribution in [1.29, 1.82) is 0 Å². The fourth-order valence-corrected chi connectivity index (χ4v) is 2.19. The molecular formula is C11H11N. The second kappa shape index (κ2) is 2.13. The lowest BCUT2D eigenvalue weighted by Gasteiger charge is -2.22. The molecule has 0 aromatic heterocycles. The number of anilines is 1. The van der Waals surface area contributed by atoms with Gasteiger partial charge in [-0.25, -0.2) is 0 Å². The fraction of sp³-hybridized carbons (Fsp3) is 0.273. The molecule has 1 aromatic carbocycles. The molecule has 0 amide bonds. The van der Waals surface area contributed by atoms with Crippen molar-refractivity contribution in [2.75, 3.05) is 18.0 Å². The smallest absolute Gasteiger partial charge is 0.0475 e. The molecule has 0 saturated carbocycles. The number of benzene rings is 1. The first kappa shape index (κ1) is 6.30. The van der Waals surface area contributed by atoms with Crippen LogP contribution < -0.4 is 4.90 Å². The second-order valence-corrected chi connectivity index (χ2v) is 3.45. The van der Waals surface area contributed by atoms with Crippen LogP contribution in [0.4, 0.5) is 5.69 Å². The van der Waals surface area contributed by atoms with E-state index in [1.807, 2.05) is 0 Å². The predicted molar refractivity (Wildman–Crippen MR) is 51.4 cm³/mol. The zero-order valence-electron chi connectivity index (χ0n) is 6.96. The Morgan fingerprint density at radius 3 is 3.25 bits per heavy atom. The van der Waals surface area contributed by atoms with Crippen molar-refractivity contribution in [3.63, 3.8) is 0 Å². The Morgan fingerprint density at radius 2 is 2.25 bits per heavy atom. The molecule has 1 aromatic rings. The number of nitrogens with zero attached hydrogens (tertiary/aromatic N) is 1. The topological polar surface area (TPSA) is 3.24 Å². The zero-order chi connectivity index (χ0) is 7.97. The Morgan fingerprint density at radius 1 is 1.25 bits per heavy atom. The summed E-state index contributed by atoms with van der Waals surface area (Å²) in [5, 5.41) is 0. The molecule has 1 nitrogen and oxygen atoms in total. The van der Waals surface area contributed by atoms with Gasteiger partial charge in [0.15, 0.2) is 0 Å². The Hall–Kier alpha value is -1.24. The zero-order valence-corrected chi connectivity index (χ0v) is 6.96. The standard InChI is InChI=1S/C11H11N/c1-3-9-5-2-7-12-8-6-10(4-1)11(9)12/h1-5H,6-8H2. The van der Waals surface area contributed by atoms with Gasteiger partial charge in [-0.15, -0.1) is 0 Å². The van der Waals surface area contributed by atoms with Gasteiger partial charge in [-0.05, 0) is 17.5 Å². The second-order valence-electron chi connectivity index (χ2n) is 3.45. The van der Waals surface area contributed by atoms with E-state index in [9.17, 15) is 0 Å². The summed E-state index contributed by atoms with van der Waals surface area (Å²) in [5.41, 5.74) is 4.41. The maximum Gasteiger partial charge on any atom is 0.0475 e. The highest BCUT2D eigenvalue weighted by Gasteiger charge is 2.21. The maximum atomic E-state index is 2.46. The van der Waals surface area contributed by atoms with Gasteiger partial charge in [0.2, 0.25) is 0 Å². The van der Waals surface area contributed by atoms with Gasteiger partial charge in [0, 0.05) is 18.8 Å². The Balaban J connectivity index is 2.30. The minimum atomic E-state index is 1.10. The monoisotopic (exact) mass is 157 g/mol. The molecule has 0 fully saturated rings. The van der Waals surface area contributed by atoms with E-state index >= 15 is 0 Å². The van der Waals surface area contributed by atoms with Gasteiger partial charge in [0.1, 0.15) is 0 Å². The van der Waals surface area contributed by atoms with Crippen LogP contribution in [-0.4, -0.2) is 13.1 Å². The Kier molecular flexibility index (Phi) is 1.12. The van der Waals surface area contributed by atoms with Gasteiger partial charge in [-0.1, -0.05) is 30.4 Å². The molecule has 0 aliphatic carbocycles. The molecule has 0 bridgehead atoms. The molecular weight excluding hydrogens is 146 g/mol. The van der Waals surface area contributed by atoms with Gasteiger partial charge < -0.3 is 4.90 Å². The molecule has 3 rings (SSSR count). The predicted octanol–water partition coefficient (Wildman–Crippen LogP) is 2.08. The molecule has 60 valence electrons. The first-order valence-electron chi connectivity index (χ1n) is 4.48. The molecule has 0 unspecified atom stereocenters. The van der Waals surface area contributed by atoms with Gasteiger partial charge in [-0.3, -0.25) is 0 Å². The summed E-state index contributed by atoms with van der Waals surface area (Å²) >= 11 is 0. The summed E-state index contributed by atoms with van der Waals surface area (Å²) in [7, 11) is 0. The molecule has 0 atom stereocenters. The van der Waals surface area contributed by atoms with Gasteiger partial charge in [0.05, 0.1) is 0 Å². The third-order valence-electron chi connectivity index (χ3n) is 2.74. The third-order valence-corrected chi connectivity index (χ3v) is 2.74. The first-order valence-corrected chi connectivity index (χ1v) is 4.48. The molecule has 0 radical (unpaired) electrons. The molecule has 2 aliphatic rings. The van der Waals surface area contributed by atoms with Gasteiger partial charge >= 0.3 is 0 Å². The van der Waals surface area contributed by atoms with E-state index in [4.69, 9.17) is 0 Å². The van der Waals surface area contributed by atoms with E-state index in [0.29, 0.717) is 0 Å². The van der Waals surface area contributed by atoms with Crippen LogP contribution in [0, 0.1) is 0 Å². The summed E-state index contributed by atoms with van der Waals surface area (Å²) < 4.78 is 0. The van der Waals surface area contributed by atoms with E-state index in [1.54, 1.807) is 0 Å². The molecule has 2 heterocycles. The van der Waals surface area contributed by atoms with E-state index in [1.165, 1.54) is 29.8 Å². The molecule has 1 heteroatoms. The lowest BCUT2D eigenvalue weighted by atomic mass is 10.1. The van der Waals surface area contributed by atoms with Crippen molar-refractivity contribution in [2.45, 2.75) is 6.42 Å². The summed E-state index contributed by atoms with van der Waals surface area (Å²) in [6.45, 7) is 2.31. The molecule has 0 spiro atoms. The van der Waals surface area contributed by atoms with Crippen molar-refractivity contribution >= 4 is 11.8 Å². The highest BCUT2D eigenvalue weighted by Crippen LogP contribution is 2.34. The van der Waals surface area contributed by atoms with Crippen LogP contribution in [0.1, 0.15) is 11.1 Å². The van der Waals surface area contributed by atoms with Crippen LogP contribution in [0.3, 0.4) is 0 Å². The van der Waals surface area contributed by atoms with Crippen LogP contribution in [0.15, 0.2) is 24.3 Å². The van der Waals surface area contributed by atoms with Crippen molar-refractivity contribution < 1.29 is 0 Å². The highest BCUT2D eigenvalue weighted by atomic mass is 15.1. The van der Waals surface area contributed by atoms with Crippen LogP contribution in [0.2, 0.25) is 0 Å². The fourth-order valence-electron chi connectivity index (χ4n) is 2.19. The minimum absolute atomic E-state index is 1.10. The molecule has 2 aliphatic heterocycles.